The van der Waals surface area contributed by atoms with Crippen LogP contribution in [0.4, 0.5) is 11.4 Å². The average molecular weight is 1310 g/mol. The summed E-state index contributed by atoms with van der Waals surface area (Å²) in [4.78, 5) is 72.9. The SMILES string of the molecule is CCC(=O)NCCCNc1ccc2cc3ccc(NC(=O)COc4c5cc(C(C)(C)C)cc4Cc4cc(C(C)(C)C)cc(c4OCC(=O)OC(C)(C)C)Cc4cc(C(C)(C)C)cc(c4OCC(=O)OC(C)(C)C)Cc4cc(C)cc(c4OCC(=O)OC(C)(C)C)C5)cc3nc2c1. The summed E-state index contributed by atoms with van der Waals surface area (Å²) in [6, 6.07) is 30.7. The molecule has 0 saturated heterocycles. The minimum atomic E-state index is -0.795. The number of nitrogens with one attached hydrogen (secondary N) is 3. The Hall–Kier alpha value is -8.66. The maximum atomic E-state index is 14.6. The van der Waals surface area contributed by atoms with Gasteiger partial charge in [-0.2, -0.15) is 0 Å². The number of anilines is 2. The standard InChI is InChI=1S/C80H102N4O12/c1-21-66(85)82-28-22-27-81-62-25-23-49-31-50-24-26-63(43-65(50)84-64(49)42-62)83-67(86)44-90-72-53-32-51-29-48(2)30-52(71(51)91-45-68(87)94-78(12,13)14)33-54-37-60(76(6,7)8)40-57(73(54)92-46-69(88)95-79(15,16)17)35-58-41-61(77(9,10)11)39-56(34-55(72)38-59(36-53)75(3,4)5)74(58)93-47-70(89)96-80(18,19)20/h23-26,29-31,36-43,81H,21-22,27-28,32-35,44-47H2,1-20H3,(H,82,85)(H,83,86). The number of amides is 2. The topological polar surface area (TPSA) is 199 Å². The second-order valence-electron chi connectivity index (χ2n) is 31.5. The number of hydrogen-bond donors (Lipinski definition) is 3. The number of nitrogens with zero attached hydrogens (tertiary/aromatic N) is 1. The molecule has 0 aliphatic heterocycles. The number of rotatable bonds is 19. The van der Waals surface area contributed by atoms with Gasteiger partial charge in [0.05, 0.1) is 11.0 Å². The summed E-state index contributed by atoms with van der Waals surface area (Å²) in [7, 11) is 0. The van der Waals surface area contributed by atoms with Crippen LogP contribution in [-0.2, 0) is 80.1 Å². The molecule has 8 bridgehead atoms. The lowest BCUT2D eigenvalue weighted by Crippen LogP contribution is -2.28. The van der Waals surface area contributed by atoms with E-state index in [0.717, 1.165) is 95.2 Å². The van der Waals surface area contributed by atoms with Crippen molar-refractivity contribution in [3.8, 4) is 23.0 Å². The van der Waals surface area contributed by atoms with E-state index in [1.807, 2.05) is 113 Å². The van der Waals surface area contributed by atoms with Crippen molar-refractivity contribution in [3.05, 3.63) is 158 Å². The van der Waals surface area contributed by atoms with Gasteiger partial charge >= 0.3 is 17.9 Å². The van der Waals surface area contributed by atoms with Crippen LogP contribution in [0.25, 0.3) is 21.8 Å². The van der Waals surface area contributed by atoms with Gasteiger partial charge in [-0.15, -0.1) is 0 Å². The molecule has 0 atom stereocenters. The molecule has 96 heavy (non-hydrogen) atoms. The number of pyridine rings is 1. The van der Waals surface area contributed by atoms with Crippen LogP contribution in [0.1, 0.15) is 211 Å². The van der Waals surface area contributed by atoms with Gasteiger partial charge in [-0.05, 0) is 183 Å². The quantitative estimate of drug-likeness (QED) is 0.0299. The lowest BCUT2D eigenvalue weighted by Gasteiger charge is -2.29. The fourth-order valence-corrected chi connectivity index (χ4v) is 11.6. The van der Waals surface area contributed by atoms with Crippen LogP contribution in [0, 0.1) is 6.92 Å². The first-order valence-corrected chi connectivity index (χ1v) is 33.6. The first-order chi connectivity index (χ1) is 44.7. The molecule has 2 amide bonds. The molecule has 1 aliphatic carbocycles. The van der Waals surface area contributed by atoms with Crippen LogP contribution in [0.2, 0.25) is 0 Å². The van der Waals surface area contributed by atoms with Gasteiger partial charge in [-0.25, -0.2) is 19.4 Å². The van der Waals surface area contributed by atoms with Crippen molar-refractivity contribution in [3.63, 3.8) is 0 Å². The number of aryl methyl sites for hydroxylation is 1. The van der Waals surface area contributed by atoms with Crippen LogP contribution in [0.5, 0.6) is 23.0 Å². The molecule has 16 nitrogen and oxygen atoms in total. The maximum Gasteiger partial charge on any atom is 0.344 e. The van der Waals surface area contributed by atoms with Crippen LogP contribution < -0.4 is 34.9 Å². The van der Waals surface area contributed by atoms with E-state index >= 15 is 0 Å². The number of ether oxygens (including phenoxy) is 7. The maximum absolute atomic E-state index is 14.6. The number of fused-ring (bicyclic) bond motifs is 10. The fraction of sp³-hybridized carbons (Fsp3) is 0.475. The molecule has 0 spiro atoms. The van der Waals surface area contributed by atoms with Crippen molar-refractivity contribution >= 4 is 62.9 Å². The van der Waals surface area contributed by atoms with Crippen molar-refractivity contribution in [1.29, 1.82) is 0 Å². The molecular formula is C80H102N4O12. The van der Waals surface area contributed by atoms with Gasteiger partial charge in [-0.3, -0.25) is 9.59 Å². The van der Waals surface area contributed by atoms with Gasteiger partial charge < -0.3 is 49.1 Å². The van der Waals surface area contributed by atoms with Crippen LogP contribution in [0.3, 0.4) is 0 Å². The Morgan fingerprint density at radius 1 is 0.406 bits per heavy atom. The third-order valence-electron chi connectivity index (χ3n) is 16.1. The van der Waals surface area contributed by atoms with E-state index < -0.39 is 71.3 Å². The lowest BCUT2D eigenvalue weighted by molar-refractivity contribution is -0.158. The van der Waals surface area contributed by atoms with E-state index in [0.29, 0.717) is 53.7 Å². The van der Waals surface area contributed by atoms with Crippen molar-refractivity contribution in [2.75, 3.05) is 50.2 Å². The first-order valence-electron chi connectivity index (χ1n) is 33.6. The molecular weight excluding hydrogens is 1210 g/mol. The second kappa shape index (κ2) is 29.4. The van der Waals surface area contributed by atoms with E-state index in [-0.39, 0.29) is 43.6 Å². The Bertz CT molecular complexity index is 4050. The zero-order valence-corrected chi connectivity index (χ0v) is 60.5. The Labute approximate surface area is 568 Å². The van der Waals surface area contributed by atoms with E-state index in [1.165, 1.54) is 0 Å². The highest BCUT2D eigenvalue weighted by molar-refractivity contribution is 5.98. The summed E-state index contributed by atoms with van der Waals surface area (Å²) < 4.78 is 45.1. The van der Waals surface area contributed by atoms with Crippen molar-refractivity contribution in [2.24, 2.45) is 0 Å². The van der Waals surface area contributed by atoms with Crippen molar-refractivity contribution in [2.45, 2.75) is 210 Å². The monoisotopic (exact) mass is 1310 g/mol. The molecule has 0 saturated carbocycles. The molecule has 0 radical (unpaired) electrons. The molecule has 0 fully saturated rings. The summed E-state index contributed by atoms with van der Waals surface area (Å²) in [6.45, 7) is 39.3. The van der Waals surface area contributed by atoms with E-state index in [4.69, 9.17) is 38.1 Å². The number of benzene rings is 6. The summed E-state index contributed by atoms with van der Waals surface area (Å²) in [5.74, 6) is -0.163. The van der Waals surface area contributed by atoms with E-state index in [1.54, 1.807) is 0 Å². The summed E-state index contributed by atoms with van der Waals surface area (Å²) in [5.41, 5.74) is 9.23. The normalized spacial score (nSPS) is 13.0. The van der Waals surface area contributed by atoms with Gasteiger partial charge in [0.25, 0.3) is 5.91 Å². The minimum absolute atomic E-state index is 0.0280. The predicted molar refractivity (Wildman–Crippen MR) is 382 cm³/mol. The highest BCUT2D eigenvalue weighted by Crippen LogP contribution is 2.44. The van der Waals surface area contributed by atoms with Crippen molar-refractivity contribution in [1.82, 2.24) is 10.3 Å². The second-order valence-corrected chi connectivity index (χ2v) is 31.5. The number of hydrogen-bond acceptors (Lipinski definition) is 14. The molecule has 6 aromatic carbocycles. The van der Waals surface area contributed by atoms with E-state index in [9.17, 15) is 24.0 Å². The van der Waals surface area contributed by atoms with Gasteiger partial charge in [0.2, 0.25) is 5.91 Å². The third kappa shape index (κ3) is 20.4. The van der Waals surface area contributed by atoms with Crippen LogP contribution in [0.15, 0.2) is 91.0 Å². The number of esters is 3. The van der Waals surface area contributed by atoms with Crippen LogP contribution in [-0.4, -0.2) is 91.0 Å². The van der Waals surface area contributed by atoms with Crippen molar-refractivity contribution < 1.29 is 57.1 Å². The highest BCUT2D eigenvalue weighted by Gasteiger charge is 2.31. The molecule has 3 N–H and O–H groups in total. The Kier molecular flexibility index (Phi) is 22.4. The van der Waals surface area contributed by atoms with Gasteiger partial charge in [0, 0.05) is 67.3 Å². The summed E-state index contributed by atoms with van der Waals surface area (Å²) >= 11 is 0. The van der Waals surface area contributed by atoms with Crippen LogP contribution >= 0.6 is 0 Å². The molecule has 7 aromatic rings. The Morgan fingerprint density at radius 2 is 0.740 bits per heavy atom. The van der Waals surface area contributed by atoms with Gasteiger partial charge in [-0.1, -0.05) is 135 Å². The molecule has 0 unspecified atom stereocenters. The molecule has 1 aliphatic rings. The fourth-order valence-electron chi connectivity index (χ4n) is 11.6. The van der Waals surface area contributed by atoms with Gasteiger partial charge in [0.1, 0.15) is 39.8 Å². The van der Waals surface area contributed by atoms with Gasteiger partial charge in [0.15, 0.2) is 26.4 Å². The minimum Gasteiger partial charge on any atom is -0.483 e. The lowest BCUT2D eigenvalue weighted by atomic mass is 9.80. The summed E-state index contributed by atoms with van der Waals surface area (Å²) in [5, 5.41) is 11.3. The predicted octanol–water partition coefficient (Wildman–Crippen LogP) is 15.8. The Morgan fingerprint density at radius 3 is 1.08 bits per heavy atom. The molecule has 8 rings (SSSR count). The number of aromatic nitrogens is 1. The average Bonchev–Trinajstić information content (AvgIpc) is 0.773. The summed E-state index contributed by atoms with van der Waals surface area (Å²) in [6.07, 6.45) is 2.09. The largest absolute Gasteiger partial charge is 0.483 e. The highest BCUT2D eigenvalue weighted by atomic mass is 16.6. The zero-order valence-electron chi connectivity index (χ0n) is 60.5. The molecule has 1 aromatic heterocycles. The van der Waals surface area contributed by atoms with E-state index in [2.05, 4.69) is 133 Å². The number of carbonyl (C=O) groups excluding carboxylic acids is 5. The zero-order chi connectivity index (χ0) is 70.5. The molecule has 16 heteroatoms. The Balaban J connectivity index is 1.32. The smallest absolute Gasteiger partial charge is 0.344 e. The number of carbonyl (C=O) groups is 5. The molecule has 1 heterocycles. The molecule has 514 valence electrons. The first kappa shape index (κ1) is 73.2. The third-order valence-corrected chi connectivity index (χ3v) is 16.1.